The van der Waals surface area contributed by atoms with Crippen LogP contribution in [-0.2, 0) is 15.0 Å². The quantitative estimate of drug-likeness (QED) is 0.810. The summed E-state index contributed by atoms with van der Waals surface area (Å²) in [5.74, 6) is -3.13. The van der Waals surface area contributed by atoms with E-state index in [1.165, 1.54) is 36.4 Å². The zero-order valence-corrected chi connectivity index (χ0v) is 14.8. The molecule has 0 spiro atoms. The van der Waals surface area contributed by atoms with Crippen LogP contribution in [-0.4, -0.2) is 23.5 Å². The molecule has 1 amide bonds. The van der Waals surface area contributed by atoms with Gasteiger partial charge < -0.3 is 10.4 Å². The van der Waals surface area contributed by atoms with Crippen molar-refractivity contribution in [3.8, 4) is 0 Å². The average molecular weight is 373 g/mol. The van der Waals surface area contributed by atoms with E-state index in [1.807, 2.05) is 0 Å². The second-order valence-corrected chi connectivity index (χ2v) is 6.95. The number of aliphatic carboxylic acids is 1. The monoisotopic (exact) mass is 373 g/mol. The summed E-state index contributed by atoms with van der Waals surface area (Å²) in [6.45, 7) is -0.0945. The van der Waals surface area contributed by atoms with E-state index in [0.29, 0.717) is 18.4 Å². The fraction of sp³-hybridized carbons (Fsp3) is 0.333. The van der Waals surface area contributed by atoms with Crippen LogP contribution >= 0.6 is 0 Å². The van der Waals surface area contributed by atoms with Crippen LogP contribution in [0.5, 0.6) is 0 Å². The van der Waals surface area contributed by atoms with Gasteiger partial charge in [-0.25, -0.2) is 8.78 Å². The molecule has 4 nitrogen and oxygen atoms in total. The van der Waals surface area contributed by atoms with Gasteiger partial charge in [0.05, 0.1) is 11.3 Å². The number of carboxylic acid groups (broad SMARTS) is 1. The second-order valence-electron chi connectivity index (χ2n) is 6.95. The molecule has 142 valence electrons. The summed E-state index contributed by atoms with van der Waals surface area (Å²) in [7, 11) is 0. The number of carbonyl (C=O) groups excluding carboxylic acids is 1. The molecule has 1 aliphatic rings. The topological polar surface area (TPSA) is 66.4 Å². The Hall–Kier alpha value is -2.76. The molecule has 1 aliphatic carbocycles. The predicted molar refractivity (Wildman–Crippen MR) is 96.3 cm³/mol. The Morgan fingerprint density at radius 3 is 2.00 bits per heavy atom. The first-order valence-corrected chi connectivity index (χ1v) is 8.95. The molecule has 0 saturated heterocycles. The van der Waals surface area contributed by atoms with Crippen molar-refractivity contribution in [2.45, 2.75) is 37.0 Å². The Balaban J connectivity index is 1.78. The first-order valence-electron chi connectivity index (χ1n) is 8.95. The molecule has 1 saturated carbocycles. The van der Waals surface area contributed by atoms with Crippen LogP contribution in [0.15, 0.2) is 48.5 Å². The molecule has 1 unspecified atom stereocenters. The van der Waals surface area contributed by atoms with E-state index in [4.69, 9.17) is 0 Å². The highest BCUT2D eigenvalue weighted by atomic mass is 19.1. The van der Waals surface area contributed by atoms with Crippen LogP contribution in [0.3, 0.4) is 0 Å². The summed E-state index contributed by atoms with van der Waals surface area (Å²) in [6, 6.07) is 11.1. The smallest absolute Gasteiger partial charge is 0.312 e. The third-order valence-corrected chi connectivity index (χ3v) is 5.33. The average Bonchev–Trinajstić information content (AvgIpc) is 3.14. The molecule has 0 bridgehead atoms. The molecule has 2 N–H and O–H groups in total. The lowest BCUT2D eigenvalue weighted by molar-refractivity contribution is -0.138. The van der Waals surface area contributed by atoms with E-state index in [1.54, 1.807) is 12.1 Å². The Bertz CT molecular complexity index is 812. The molecule has 2 aromatic carbocycles. The maximum Gasteiger partial charge on any atom is 0.312 e. The fourth-order valence-electron chi connectivity index (χ4n) is 3.80. The van der Waals surface area contributed by atoms with Crippen molar-refractivity contribution in [1.29, 1.82) is 0 Å². The molecule has 0 aromatic heterocycles. The first-order chi connectivity index (χ1) is 12.9. The third kappa shape index (κ3) is 3.99. The van der Waals surface area contributed by atoms with E-state index in [0.717, 1.165) is 18.4 Å². The Morgan fingerprint density at radius 2 is 1.48 bits per heavy atom. The van der Waals surface area contributed by atoms with Crippen molar-refractivity contribution < 1.29 is 23.5 Å². The van der Waals surface area contributed by atoms with E-state index < -0.39 is 23.1 Å². The van der Waals surface area contributed by atoms with Gasteiger partial charge in [0, 0.05) is 6.54 Å². The minimum absolute atomic E-state index is 0.0945. The Labute approximate surface area is 156 Å². The standard InChI is InChI=1S/C21H21F2NO3/c22-16-7-3-14(4-8-16)18(19(25)26)13-24-20(27)21(11-1-2-12-21)15-5-9-17(23)10-6-15/h3-10,18H,1-2,11-13H2,(H,24,27)(H,25,26). The van der Waals surface area contributed by atoms with Gasteiger partial charge >= 0.3 is 5.97 Å². The highest BCUT2D eigenvalue weighted by Crippen LogP contribution is 2.41. The predicted octanol–water partition coefficient (Wildman–Crippen LogP) is 3.76. The number of halogens is 2. The largest absolute Gasteiger partial charge is 0.481 e. The van der Waals surface area contributed by atoms with E-state index in [-0.39, 0.29) is 18.3 Å². The second kappa shape index (κ2) is 7.86. The van der Waals surface area contributed by atoms with Gasteiger partial charge in [-0.05, 0) is 48.2 Å². The zero-order valence-electron chi connectivity index (χ0n) is 14.8. The van der Waals surface area contributed by atoms with Crippen LogP contribution in [0.1, 0.15) is 42.7 Å². The highest BCUT2D eigenvalue weighted by Gasteiger charge is 2.42. The van der Waals surface area contributed by atoms with Gasteiger partial charge in [0.15, 0.2) is 0 Å². The first kappa shape index (κ1) is 19.0. The molecule has 1 atom stereocenters. The molecule has 0 radical (unpaired) electrons. The van der Waals surface area contributed by atoms with Crippen LogP contribution in [0, 0.1) is 11.6 Å². The molecule has 0 heterocycles. The number of carboxylic acids is 1. The van der Waals surface area contributed by atoms with Crippen molar-refractivity contribution in [1.82, 2.24) is 5.32 Å². The van der Waals surface area contributed by atoms with Gasteiger partial charge in [-0.2, -0.15) is 0 Å². The molecule has 27 heavy (non-hydrogen) atoms. The van der Waals surface area contributed by atoms with Crippen LogP contribution in [0.4, 0.5) is 8.78 Å². The van der Waals surface area contributed by atoms with Crippen LogP contribution < -0.4 is 5.32 Å². The molecule has 0 aliphatic heterocycles. The maximum absolute atomic E-state index is 13.3. The maximum atomic E-state index is 13.3. The van der Waals surface area contributed by atoms with Crippen molar-refractivity contribution in [2.75, 3.05) is 6.54 Å². The van der Waals surface area contributed by atoms with Gasteiger partial charge in [-0.3, -0.25) is 9.59 Å². The summed E-state index contributed by atoms with van der Waals surface area (Å²) in [6.07, 6.45) is 3.04. The number of nitrogens with one attached hydrogen (secondary N) is 1. The number of hydrogen-bond acceptors (Lipinski definition) is 2. The molecule has 6 heteroatoms. The van der Waals surface area contributed by atoms with Crippen molar-refractivity contribution in [3.05, 3.63) is 71.3 Å². The number of amides is 1. The lowest BCUT2D eigenvalue weighted by atomic mass is 9.78. The zero-order chi connectivity index (χ0) is 19.4. The molecule has 3 rings (SSSR count). The minimum atomic E-state index is -1.09. The Kier molecular flexibility index (Phi) is 5.54. The summed E-state index contributed by atoms with van der Waals surface area (Å²) in [5.41, 5.74) is 0.401. The SMILES string of the molecule is O=C(O)C(CNC(=O)C1(c2ccc(F)cc2)CCCC1)c1ccc(F)cc1. The lowest BCUT2D eigenvalue weighted by Gasteiger charge is -2.29. The normalized spacial score (nSPS) is 16.7. The molecule has 2 aromatic rings. The van der Waals surface area contributed by atoms with Crippen molar-refractivity contribution in [2.24, 2.45) is 0 Å². The fourth-order valence-corrected chi connectivity index (χ4v) is 3.80. The highest BCUT2D eigenvalue weighted by molar-refractivity contribution is 5.89. The summed E-state index contributed by atoms with van der Waals surface area (Å²) < 4.78 is 26.4. The Morgan fingerprint density at radius 1 is 0.963 bits per heavy atom. The third-order valence-electron chi connectivity index (χ3n) is 5.33. The van der Waals surface area contributed by atoms with E-state index in [9.17, 15) is 23.5 Å². The van der Waals surface area contributed by atoms with Gasteiger partial charge in [0.25, 0.3) is 0 Å². The van der Waals surface area contributed by atoms with Crippen LogP contribution in [0.25, 0.3) is 0 Å². The van der Waals surface area contributed by atoms with E-state index >= 15 is 0 Å². The van der Waals surface area contributed by atoms with Crippen molar-refractivity contribution in [3.63, 3.8) is 0 Å². The number of benzene rings is 2. The molecule has 1 fully saturated rings. The van der Waals surface area contributed by atoms with Gasteiger partial charge in [-0.15, -0.1) is 0 Å². The lowest BCUT2D eigenvalue weighted by Crippen LogP contribution is -2.44. The summed E-state index contributed by atoms with van der Waals surface area (Å²) in [4.78, 5) is 24.6. The number of carbonyl (C=O) groups is 2. The van der Waals surface area contributed by atoms with Gasteiger partial charge in [0.2, 0.25) is 5.91 Å². The summed E-state index contributed by atoms with van der Waals surface area (Å²) >= 11 is 0. The van der Waals surface area contributed by atoms with Crippen LogP contribution in [0.2, 0.25) is 0 Å². The van der Waals surface area contributed by atoms with Crippen molar-refractivity contribution >= 4 is 11.9 Å². The minimum Gasteiger partial charge on any atom is -0.481 e. The van der Waals surface area contributed by atoms with Gasteiger partial charge in [-0.1, -0.05) is 37.1 Å². The van der Waals surface area contributed by atoms with E-state index in [2.05, 4.69) is 5.32 Å². The number of rotatable bonds is 6. The summed E-state index contributed by atoms with van der Waals surface area (Å²) in [5, 5.41) is 12.3. The number of hydrogen-bond donors (Lipinski definition) is 2. The molecular weight excluding hydrogens is 352 g/mol. The van der Waals surface area contributed by atoms with Gasteiger partial charge in [0.1, 0.15) is 11.6 Å². The molecular formula is C21H21F2NO3.